The summed E-state index contributed by atoms with van der Waals surface area (Å²) in [5.41, 5.74) is 1.24. The Hall–Kier alpha value is -0.890. The SMILES string of the molecule is COc1ccc(CC(C)=S)cc1. The van der Waals surface area contributed by atoms with Crippen LogP contribution in [-0.2, 0) is 6.42 Å². The molecule has 0 radical (unpaired) electrons. The van der Waals surface area contributed by atoms with Crippen molar-refractivity contribution in [1.29, 1.82) is 0 Å². The molecular weight excluding hydrogens is 168 g/mol. The molecule has 0 aromatic heterocycles. The quantitative estimate of drug-likeness (QED) is 0.661. The van der Waals surface area contributed by atoms with E-state index in [0.717, 1.165) is 17.0 Å². The van der Waals surface area contributed by atoms with Crippen molar-refractivity contribution in [2.45, 2.75) is 13.3 Å². The molecule has 0 bridgehead atoms. The normalized spacial score (nSPS) is 9.50. The zero-order valence-corrected chi connectivity index (χ0v) is 8.15. The lowest BCUT2D eigenvalue weighted by Gasteiger charge is -2.01. The molecule has 0 amide bonds. The summed E-state index contributed by atoms with van der Waals surface area (Å²) in [6, 6.07) is 7.98. The number of hydrogen-bond donors (Lipinski definition) is 0. The van der Waals surface area contributed by atoms with E-state index in [1.165, 1.54) is 5.56 Å². The summed E-state index contributed by atoms with van der Waals surface area (Å²) in [4.78, 5) is 1.01. The van der Waals surface area contributed by atoms with Crippen LogP contribution >= 0.6 is 12.2 Å². The predicted octanol–water partition coefficient (Wildman–Crippen LogP) is 2.63. The Morgan fingerprint density at radius 2 is 1.92 bits per heavy atom. The first-order valence-electron chi connectivity index (χ1n) is 3.84. The van der Waals surface area contributed by atoms with E-state index < -0.39 is 0 Å². The molecule has 0 spiro atoms. The highest BCUT2D eigenvalue weighted by atomic mass is 32.1. The lowest BCUT2D eigenvalue weighted by atomic mass is 10.1. The molecule has 0 atom stereocenters. The highest BCUT2D eigenvalue weighted by Gasteiger charge is 1.94. The molecule has 1 nitrogen and oxygen atoms in total. The van der Waals surface area contributed by atoms with Crippen LogP contribution in [0.4, 0.5) is 0 Å². The molecule has 1 rings (SSSR count). The molecule has 1 aromatic carbocycles. The van der Waals surface area contributed by atoms with Gasteiger partial charge in [0.15, 0.2) is 0 Å². The molecule has 0 aliphatic rings. The number of benzene rings is 1. The first kappa shape index (κ1) is 9.20. The molecule has 0 aliphatic heterocycles. The molecule has 0 aliphatic carbocycles. The van der Waals surface area contributed by atoms with Crippen LogP contribution in [0.1, 0.15) is 12.5 Å². The fourth-order valence-electron chi connectivity index (χ4n) is 1.03. The fourth-order valence-corrected chi connectivity index (χ4v) is 1.20. The van der Waals surface area contributed by atoms with Crippen molar-refractivity contribution in [1.82, 2.24) is 0 Å². The highest BCUT2D eigenvalue weighted by Crippen LogP contribution is 2.11. The third-order valence-electron chi connectivity index (χ3n) is 1.61. The summed E-state index contributed by atoms with van der Waals surface area (Å²) in [7, 11) is 1.67. The summed E-state index contributed by atoms with van der Waals surface area (Å²) in [6.07, 6.45) is 0.874. The van der Waals surface area contributed by atoms with E-state index in [2.05, 4.69) is 0 Å². The van der Waals surface area contributed by atoms with Crippen LogP contribution in [0.5, 0.6) is 5.75 Å². The third-order valence-corrected chi connectivity index (χ3v) is 1.76. The minimum atomic E-state index is 0.874. The number of thiocarbonyl (C=S) groups is 1. The van der Waals surface area contributed by atoms with Gasteiger partial charge in [-0.2, -0.15) is 0 Å². The number of hydrogen-bond acceptors (Lipinski definition) is 2. The highest BCUT2D eigenvalue weighted by molar-refractivity contribution is 7.80. The zero-order chi connectivity index (χ0) is 8.97. The summed E-state index contributed by atoms with van der Waals surface area (Å²) < 4.78 is 5.04. The van der Waals surface area contributed by atoms with Gasteiger partial charge in [-0.3, -0.25) is 0 Å². The lowest BCUT2D eigenvalue weighted by molar-refractivity contribution is 0.414. The molecule has 0 saturated heterocycles. The second kappa shape index (κ2) is 4.21. The van der Waals surface area contributed by atoms with Crippen LogP contribution in [0.25, 0.3) is 0 Å². The number of rotatable bonds is 3. The van der Waals surface area contributed by atoms with E-state index in [-0.39, 0.29) is 0 Å². The van der Waals surface area contributed by atoms with Crippen LogP contribution < -0.4 is 4.74 Å². The van der Waals surface area contributed by atoms with Gasteiger partial charge >= 0.3 is 0 Å². The van der Waals surface area contributed by atoms with E-state index in [9.17, 15) is 0 Å². The maximum absolute atomic E-state index is 5.04. The van der Waals surface area contributed by atoms with Gasteiger partial charge in [-0.15, -0.1) is 0 Å². The van der Waals surface area contributed by atoms with Gasteiger partial charge in [0, 0.05) is 6.42 Å². The molecular formula is C10H12OS. The minimum Gasteiger partial charge on any atom is -0.497 e. The molecule has 0 heterocycles. The Labute approximate surface area is 78.4 Å². The first-order valence-corrected chi connectivity index (χ1v) is 4.25. The number of ether oxygens (including phenoxy) is 1. The Balaban J connectivity index is 2.71. The standard InChI is InChI=1S/C10H12OS/c1-8(12)7-9-3-5-10(11-2)6-4-9/h3-6H,7H2,1-2H3. The molecule has 0 N–H and O–H groups in total. The van der Waals surface area contributed by atoms with Crippen molar-refractivity contribution in [3.8, 4) is 5.75 Å². The van der Waals surface area contributed by atoms with Crippen LogP contribution in [-0.4, -0.2) is 12.0 Å². The van der Waals surface area contributed by atoms with E-state index in [1.54, 1.807) is 7.11 Å². The summed E-state index contributed by atoms with van der Waals surface area (Å²) in [5.74, 6) is 0.890. The van der Waals surface area contributed by atoms with Crippen LogP contribution in [0.3, 0.4) is 0 Å². The van der Waals surface area contributed by atoms with Gasteiger partial charge in [0.2, 0.25) is 0 Å². The summed E-state index contributed by atoms with van der Waals surface area (Å²) in [6.45, 7) is 1.96. The van der Waals surface area contributed by atoms with Gasteiger partial charge < -0.3 is 4.74 Å². The minimum absolute atomic E-state index is 0.874. The third kappa shape index (κ3) is 2.62. The summed E-state index contributed by atoms with van der Waals surface area (Å²) in [5, 5.41) is 0. The van der Waals surface area contributed by atoms with Crippen LogP contribution in [0, 0.1) is 0 Å². The van der Waals surface area contributed by atoms with Crippen molar-refractivity contribution in [3.05, 3.63) is 29.8 Å². The van der Waals surface area contributed by atoms with E-state index in [4.69, 9.17) is 17.0 Å². The van der Waals surface area contributed by atoms with Gasteiger partial charge in [0.1, 0.15) is 5.75 Å². The van der Waals surface area contributed by atoms with E-state index in [1.807, 2.05) is 31.2 Å². The van der Waals surface area contributed by atoms with Crippen LogP contribution in [0.15, 0.2) is 24.3 Å². The maximum Gasteiger partial charge on any atom is 0.118 e. The number of methoxy groups -OCH3 is 1. The molecule has 0 unspecified atom stereocenters. The molecule has 12 heavy (non-hydrogen) atoms. The van der Waals surface area contributed by atoms with E-state index in [0.29, 0.717) is 0 Å². The van der Waals surface area contributed by atoms with Gasteiger partial charge in [-0.05, 0) is 29.5 Å². The summed E-state index contributed by atoms with van der Waals surface area (Å²) >= 11 is 5.01. The average Bonchev–Trinajstić information content (AvgIpc) is 2.05. The second-order valence-electron chi connectivity index (χ2n) is 2.73. The van der Waals surface area contributed by atoms with Gasteiger partial charge in [0.25, 0.3) is 0 Å². The van der Waals surface area contributed by atoms with E-state index >= 15 is 0 Å². The van der Waals surface area contributed by atoms with Crippen molar-refractivity contribution in [2.24, 2.45) is 0 Å². The Morgan fingerprint density at radius 1 is 1.33 bits per heavy atom. The molecule has 64 valence electrons. The maximum atomic E-state index is 5.04. The topological polar surface area (TPSA) is 9.23 Å². The van der Waals surface area contributed by atoms with Crippen LogP contribution in [0.2, 0.25) is 0 Å². The largest absolute Gasteiger partial charge is 0.497 e. The average molecular weight is 180 g/mol. The molecule has 2 heteroatoms. The van der Waals surface area contributed by atoms with Crippen molar-refractivity contribution < 1.29 is 4.74 Å². The van der Waals surface area contributed by atoms with Crippen molar-refractivity contribution >= 4 is 17.1 Å². The van der Waals surface area contributed by atoms with Gasteiger partial charge in [-0.25, -0.2) is 0 Å². The Kier molecular flexibility index (Phi) is 3.23. The molecule has 1 aromatic rings. The van der Waals surface area contributed by atoms with Crippen molar-refractivity contribution in [2.75, 3.05) is 7.11 Å². The Bertz CT molecular complexity index is 264. The van der Waals surface area contributed by atoms with Crippen molar-refractivity contribution in [3.63, 3.8) is 0 Å². The Morgan fingerprint density at radius 3 is 2.33 bits per heavy atom. The second-order valence-corrected chi connectivity index (χ2v) is 3.42. The lowest BCUT2D eigenvalue weighted by Crippen LogP contribution is -1.93. The van der Waals surface area contributed by atoms with Gasteiger partial charge in [-0.1, -0.05) is 24.4 Å². The van der Waals surface area contributed by atoms with Gasteiger partial charge in [0.05, 0.1) is 7.11 Å². The molecule has 0 saturated carbocycles. The fraction of sp³-hybridized carbons (Fsp3) is 0.300. The predicted molar refractivity (Wildman–Crippen MR) is 55.0 cm³/mol. The molecule has 0 fully saturated rings. The smallest absolute Gasteiger partial charge is 0.118 e. The monoisotopic (exact) mass is 180 g/mol. The first-order chi connectivity index (χ1) is 5.72. The zero-order valence-electron chi connectivity index (χ0n) is 7.33.